The zero-order valence-electron chi connectivity index (χ0n) is 11.0. The van der Waals surface area contributed by atoms with Crippen molar-refractivity contribution in [2.45, 2.75) is 26.4 Å². The summed E-state index contributed by atoms with van der Waals surface area (Å²) in [5.41, 5.74) is 7.22. The molecule has 1 rings (SSSR count). The van der Waals surface area contributed by atoms with Gasteiger partial charge in [0.1, 0.15) is 0 Å². The topological polar surface area (TPSA) is 38.5 Å². The lowest BCUT2D eigenvalue weighted by Gasteiger charge is -2.26. The average Bonchev–Trinajstić information content (AvgIpc) is 2.30. The van der Waals surface area contributed by atoms with E-state index in [0.717, 1.165) is 18.7 Å². The van der Waals surface area contributed by atoms with Gasteiger partial charge in [0.15, 0.2) is 0 Å². The lowest BCUT2D eigenvalue weighted by atomic mass is 10.1. The summed E-state index contributed by atoms with van der Waals surface area (Å²) in [4.78, 5) is 2.29. The first kappa shape index (κ1) is 15.6. The standard InChI is InChI=1S/C13H20Cl2N2O/c1-9(2)17(4-5-18-3)8-10-6-11(14)13(16)12(15)7-10/h6-7,9H,4-5,8,16H2,1-3H3. The summed E-state index contributed by atoms with van der Waals surface area (Å²) in [5, 5.41) is 1.01. The Morgan fingerprint density at radius 1 is 1.28 bits per heavy atom. The van der Waals surface area contributed by atoms with Crippen LogP contribution >= 0.6 is 23.2 Å². The van der Waals surface area contributed by atoms with Gasteiger partial charge in [0, 0.05) is 26.2 Å². The van der Waals surface area contributed by atoms with Gasteiger partial charge < -0.3 is 10.5 Å². The fraction of sp³-hybridized carbons (Fsp3) is 0.538. The third-order valence-electron chi connectivity index (χ3n) is 2.84. The first-order chi connectivity index (χ1) is 8.45. The molecule has 0 aliphatic heterocycles. The number of rotatable bonds is 6. The van der Waals surface area contributed by atoms with Gasteiger partial charge in [-0.05, 0) is 31.5 Å². The summed E-state index contributed by atoms with van der Waals surface area (Å²) in [6.07, 6.45) is 0. The Balaban J connectivity index is 2.80. The zero-order chi connectivity index (χ0) is 13.7. The van der Waals surface area contributed by atoms with E-state index >= 15 is 0 Å². The van der Waals surface area contributed by atoms with Crippen LogP contribution in [0.1, 0.15) is 19.4 Å². The van der Waals surface area contributed by atoms with Crippen molar-refractivity contribution in [2.75, 3.05) is 26.0 Å². The molecular weight excluding hydrogens is 271 g/mol. The Hall–Kier alpha value is -0.480. The van der Waals surface area contributed by atoms with Crippen LogP contribution in [0.3, 0.4) is 0 Å². The predicted octanol–water partition coefficient (Wildman–Crippen LogP) is 3.43. The van der Waals surface area contributed by atoms with E-state index in [9.17, 15) is 0 Å². The number of hydrogen-bond donors (Lipinski definition) is 1. The first-order valence-corrected chi connectivity index (χ1v) is 6.67. The quantitative estimate of drug-likeness (QED) is 0.816. The molecule has 0 aliphatic carbocycles. The summed E-state index contributed by atoms with van der Waals surface area (Å²) < 4.78 is 5.11. The van der Waals surface area contributed by atoms with E-state index in [1.54, 1.807) is 7.11 Å². The smallest absolute Gasteiger partial charge is 0.0693 e. The van der Waals surface area contributed by atoms with Crippen molar-refractivity contribution < 1.29 is 4.74 Å². The molecule has 0 saturated heterocycles. The van der Waals surface area contributed by atoms with Gasteiger partial charge in [0.05, 0.1) is 22.3 Å². The van der Waals surface area contributed by atoms with Crippen LogP contribution in [0.2, 0.25) is 10.0 Å². The van der Waals surface area contributed by atoms with Crippen LogP contribution < -0.4 is 5.73 Å². The molecule has 3 nitrogen and oxygen atoms in total. The number of nitrogen functional groups attached to an aromatic ring is 1. The molecule has 0 saturated carbocycles. The molecule has 102 valence electrons. The van der Waals surface area contributed by atoms with Crippen molar-refractivity contribution in [2.24, 2.45) is 0 Å². The maximum absolute atomic E-state index is 6.03. The SMILES string of the molecule is COCCN(Cc1cc(Cl)c(N)c(Cl)c1)C(C)C. The molecule has 0 unspecified atom stereocenters. The van der Waals surface area contributed by atoms with Gasteiger partial charge in [-0.3, -0.25) is 4.90 Å². The number of benzene rings is 1. The third kappa shape index (κ3) is 4.32. The molecule has 2 N–H and O–H groups in total. The predicted molar refractivity (Wildman–Crippen MR) is 78.3 cm³/mol. The van der Waals surface area contributed by atoms with Crippen molar-refractivity contribution in [3.05, 3.63) is 27.7 Å². The summed E-state index contributed by atoms with van der Waals surface area (Å²) in [6.45, 7) is 6.65. The van der Waals surface area contributed by atoms with Gasteiger partial charge in [-0.15, -0.1) is 0 Å². The minimum atomic E-state index is 0.426. The van der Waals surface area contributed by atoms with Crippen molar-refractivity contribution in [3.63, 3.8) is 0 Å². The number of halogens is 2. The molecule has 5 heteroatoms. The largest absolute Gasteiger partial charge is 0.396 e. The van der Waals surface area contributed by atoms with E-state index in [4.69, 9.17) is 33.7 Å². The van der Waals surface area contributed by atoms with Crippen LogP contribution in [0.5, 0.6) is 0 Å². The van der Waals surface area contributed by atoms with Crippen LogP contribution in [-0.2, 0) is 11.3 Å². The van der Waals surface area contributed by atoms with Gasteiger partial charge in [0.2, 0.25) is 0 Å². The monoisotopic (exact) mass is 290 g/mol. The number of anilines is 1. The molecule has 0 aliphatic rings. The molecule has 0 fully saturated rings. The third-order valence-corrected chi connectivity index (χ3v) is 3.46. The van der Waals surface area contributed by atoms with E-state index in [1.807, 2.05) is 12.1 Å². The first-order valence-electron chi connectivity index (χ1n) is 5.92. The minimum Gasteiger partial charge on any atom is -0.396 e. The zero-order valence-corrected chi connectivity index (χ0v) is 12.6. The van der Waals surface area contributed by atoms with Crippen molar-refractivity contribution >= 4 is 28.9 Å². The second kappa shape index (κ2) is 7.19. The van der Waals surface area contributed by atoms with Gasteiger partial charge in [-0.25, -0.2) is 0 Å². The highest BCUT2D eigenvalue weighted by Crippen LogP contribution is 2.29. The van der Waals surface area contributed by atoms with Gasteiger partial charge in [-0.2, -0.15) is 0 Å². The Morgan fingerprint density at radius 3 is 2.28 bits per heavy atom. The number of methoxy groups -OCH3 is 1. The second-order valence-electron chi connectivity index (χ2n) is 4.53. The van der Waals surface area contributed by atoms with E-state index in [-0.39, 0.29) is 0 Å². The number of nitrogens with two attached hydrogens (primary N) is 1. The Morgan fingerprint density at radius 2 is 1.83 bits per heavy atom. The van der Waals surface area contributed by atoms with Crippen LogP contribution in [-0.4, -0.2) is 31.2 Å². The second-order valence-corrected chi connectivity index (χ2v) is 5.34. The van der Waals surface area contributed by atoms with Gasteiger partial charge >= 0.3 is 0 Å². The van der Waals surface area contributed by atoms with Crippen LogP contribution in [0, 0.1) is 0 Å². The van der Waals surface area contributed by atoms with E-state index in [1.165, 1.54) is 0 Å². The highest BCUT2D eigenvalue weighted by atomic mass is 35.5. The Labute approximate surface area is 119 Å². The molecule has 0 radical (unpaired) electrons. The molecule has 1 aromatic carbocycles. The fourth-order valence-corrected chi connectivity index (χ4v) is 2.22. The van der Waals surface area contributed by atoms with Crippen LogP contribution in [0.25, 0.3) is 0 Å². The number of hydrogen-bond acceptors (Lipinski definition) is 3. The lowest BCUT2D eigenvalue weighted by Crippen LogP contribution is -2.33. The molecule has 0 bridgehead atoms. The van der Waals surface area contributed by atoms with Crippen LogP contribution in [0.4, 0.5) is 5.69 Å². The van der Waals surface area contributed by atoms with Crippen molar-refractivity contribution in [3.8, 4) is 0 Å². The van der Waals surface area contributed by atoms with Crippen molar-refractivity contribution in [1.29, 1.82) is 0 Å². The molecule has 0 aromatic heterocycles. The van der Waals surface area contributed by atoms with E-state index in [2.05, 4.69) is 18.7 Å². The molecule has 1 aromatic rings. The highest BCUT2D eigenvalue weighted by Gasteiger charge is 2.12. The maximum atomic E-state index is 6.03. The molecule has 18 heavy (non-hydrogen) atoms. The average molecular weight is 291 g/mol. The summed E-state index contributed by atoms with van der Waals surface area (Å²) in [6, 6.07) is 4.16. The minimum absolute atomic E-state index is 0.426. The maximum Gasteiger partial charge on any atom is 0.0693 e. The molecule has 0 heterocycles. The van der Waals surface area contributed by atoms with Gasteiger partial charge in [0.25, 0.3) is 0 Å². The Kier molecular flexibility index (Phi) is 6.22. The summed E-state index contributed by atoms with van der Waals surface area (Å²) >= 11 is 12.1. The molecule has 0 amide bonds. The van der Waals surface area contributed by atoms with Crippen molar-refractivity contribution in [1.82, 2.24) is 4.90 Å². The van der Waals surface area contributed by atoms with E-state index in [0.29, 0.717) is 28.4 Å². The fourth-order valence-electron chi connectivity index (χ4n) is 1.69. The lowest BCUT2D eigenvalue weighted by molar-refractivity contribution is 0.125. The number of ether oxygens (including phenoxy) is 1. The normalized spacial score (nSPS) is 11.5. The van der Waals surface area contributed by atoms with E-state index < -0.39 is 0 Å². The van der Waals surface area contributed by atoms with Gasteiger partial charge in [-0.1, -0.05) is 23.2 Å². The van der Waals surface area contributed by atoms with Crippen LogP contribution in [0.15, 0.2) is 12.1 Å². The molecular formula is C13H20Cl2N2O. The summed E-state index contributed by atoms with van der Waals surface area (Å²) in [5.74, 6) is 0. The highest BCUT2D eigenvalue weighted by molar-refractivity contribution is 6.38. The summed E-state index contributed by atoms with van der Waals surface area (Å²) in [7, 11) is 1.70. The number of nitrogens with zero attached hydrogens (tertiary/aromatic N) is 1. The molecule has 0 atom stereocenters. The Bertz CT molecular complexity index is 374. The molecule has 0 spiro atoms.